The van der Waals surface area contributed by atoms with Crippen molar-refractivity contribution < 1.29 is 19.0 Å². The molecule has 0 spiro atoms. The Morgan fingerprint density at radius 3 is 2.80 bits per heavy atom. The van der Waals surface area contributed by atoms with Crippen LogP contribution in [-0.2, 0) is 19.0 Å². The first-order chi connectivity index (χ1) is 11.8. The van der Waals surface area contributed by atoms with Crippen molar-refractivity contribution in [2.24, 2.45) is 5.92 Å². The third kappa shape index (κ3) is 2.53. The lowest BCUT2D eigenvalue weighted by Crippen LogP contribution is -2.30. The van der Waals surface area contributed by atoms with E-state index in [2.05, 4.69) is 9.97 Å². The maximum atomic E-state index is 12.3. The number of aromatic nitrogens is 3. The van der Waals surface area contributed by atoms with Crippen molar-refractivity contribution in [1.29, 1.82) is 0 Å². The molecule has 2 aromatic rings. The second kappa shape index (κ2) is 5.65. The van der Waals surface area contributed by atoms with Crippen LogP contribution in [0.2, 0.25) is 5.15 Å². The van der Waals surface area contributed by atoms with Crippen LogP contribution in [-0.4, -0.2) is 45.6 Å². The summed E-state index contributed by atoms with van der Waals surface area (Å²) in [5.41, 5.74) is 1.72. The largest absolute Gasteiger partial charge is 0.469 e. The number of carbonyl (C=O) groups excluding carboxylic acids is 1. The topological polar surface area (TPSA) is 75.5 Å². The minimum atomic E-state index is -0.745. The van der Waals surface area contributed by atoms with E-state index >= 15 is 0 Å². The van der Waals surface area contributed by atoms with Gasteiger partial charge in [0.25, 0.3) is 0 Å². The molecule has 7 nitrogen and oxygen atoms in total. The van der Waals surface area contributed by atoms with Crippen molar-refractivity contribution in [3.05, 3.63) is 23.2 Å². The molecule has 2 aromatic heterocycles. The molecule has 3 heterocycles. The summed E-state index contributed by atoms with van der Waals surface area (Å²) in [7, 11) is 1.40. The first kappa shape index (κ1) is 16.8. The molecule has 4 rings (SSSR count). The second-order valence-electron chi connectivity index (χ2n) is 7.08. The van der Waals surface area contributed by atoms with Gasteiger partial charge in [-0.15, -0.1) is 0 Å². The van der Waals surface area contributed by atoms with Crippen molar-refractivity contribution in [2.45, 2.75) is 51.2 Å². The molecule has 0 N–H and O–H groups in total. The van der Waals surface area contributed by atoms with Crippen molar-refractivity contribution >= 4 is 28.6 Å². The van der Waals surface area contributed by atoms with Gasteiger partial charge in [-0.3, -0.25) is 4.79 Å². The number of methoxy groups -OCH3 is 1. The standard InChI is InChI=1S/C17H20ClN3O4/c1-8-6-21(15-11(8)14(18)19-7-20-15)10-5-9(16(22)23-4)12-13(10)25-17(2,3)24-12/h6-7,9-10,12-13H,5H2,1-4H3/t9-,10+,12+,13-/m0/s1. The minimum Gasteiger partial charge on any atom is -0.469 e. The summed E-state index contributed by atoms with van der Waals surface area (Å²) >= 11 is 6.25. The molecule has 0 bridgehead atoms. The Morgan fingerprint density at radius 2 is 2.08 bits per heavy atom. The Kier molecular flexibility index (Phi) is 3.79. The van der Waals surface area contributed by atoms with Crippen LogP contribution in [0.25, 0.3) is 11.0 Å². The second-order valence-corrected chi connectivity index (χ2v) is 7.44. The summed E-state index contributed by atoms with van der Waals surface area (Å²) in [6, 6.07) is -0.0990. The SMILES string of the molecule is COC(=O)[C@H]1C[C@@H](n2cc(C)c3c(Cl)ncnc32)[C@@H]2OC(C)(C)O[C@@H]21. The highest BCUT2D eigenvalue weighted by atomic mass is 35.5. The summed E-state index contributed by atoms with van der Waals surface area (Å²) < 4.78 is 19.1. The minimum absolute atomic E-state index is 0.0990. The van der Waals surface area contributed by atoms with Gasteiger partial charge in [0, 0.05) is 6.20 Å². The molecule has 0 aromatic carbocycles. The first-order valence-electron chi connectivity index (χ1n) is 8.23. The molecule has 4 atom stereocenters. The average molecular weight is 366 g/mol. The number of fused-ring (bicyclic) bond motifs is 2. The van der Waals surface area contributed by atoms with Gasteiger partial charge >= 0.3 is 5.97 Å². The van der Waals surface area contributed by atoms with Crippen molar-refractivity contribution in [2.75, 3.05) is 7.11 Å². The Bertz CT molecular complexity index is 850. The summed E-state index contributed by atoms with van der Waals surface area (Å²) in [4.78, 5) is 20.7. The smallest absolute Gasteiger partial charge is 0.311 e. The maximum Gasteiger partial charge on any atom is 0.311 e. The van der Waals surface area contributed by atoms with E-state index in [1.807, 2.05) is 31.5 Å². The zero-order valence-electron chi connectivity index (χ0n) is 14.5. The number of aryl methyl sites for hydroxylation is 1. The lowest BCUT2D eigenvalue weighted by atomic mass is 10.1. The molecule has 0 unspecified atom stereocenters. The van der Waals surface area contributed by atoms with Crippen LogP contribution in [0.4, 0.5) is 0 Å². The van der Waals surface area contributed by atoms with E-state index in [1.54, 1.807) is 0 Å². The molecule has 2 aliphatic rings. The van der Waals surface area contributed by atoms with Crippen molar-refractivity contribution in [3.8, 4) is 0 Å². The van der Waals surface area contributed by atoms with Crippen LogP contribution in [0.15, 0.2) is 12.5 Å². The molecule has 8 heteroatoms. The summed E-state index contributed by atoms with van der Waals surface area (Å²) in [6.45, 7) is 5.68. The van der Waals surface area contributed by atoms with Gasteiger partial charge in [0.15, 0.2) is 5.79 Å². The number of rotatable bonds is 2. The Labute approximate surface area is 150 Å². The molecule has 25 heavy (non-hydrogen) atoms. The van der Waals surface area contributed by atoms with E-state index in [0.717, 1.165) is 16.6 Å². The van der Waals surface area contributed by atoms with Crippen LogP contribution in [0.3, 0.4) is 0 Å². The maximum absolute atomic E-state index is 12.3. The number of hydrogen-bond acceptors (Lipinski definition) is 6. The lowest BCUT2D eigenvalue weighted by Gasteiger charge is -2.24. The molecular weight excluding hydrogens is 346 g/mol. The highest BCUT2D eigenvalue weighted by molar-refractivity contribution is 6.34. The van der Waals surface area contributed by atoms with Gasteiger partial charge in [-0.2, -0.15) is 0 Å². The third-order valence-electron chi connectivity index (χ3n) is 5.05. The summed E-state index contributed by atoms with van der Waals surface area (Å²) in [5.74, 6) is -1.40. The normalized spacial score (nSPS) is 30.6. The number of halogens is 1. The van der Waals surface area contributed by atoms with Gasteiger partial charge in [-0.05, 0) is 32.8 Å². The number of carbonyl (C=O) groups is 1. The Hall–Kier alpha value is -1.70. The molecule has 2 fully saturated rings. The van der Waals surface area contributed by atoms with Crippen LogP contribution in [0.5, 0.6) is 0 Å². The number of hydrogen-bond donors (Lipinski definition) is 0. The fourth-order valence-corrected chi connectivity index (χ4v) is 4.36. The van der Waals surface area contributed by atoms with Gasteiger partial charge in [0.05, 0.1) is 24.5 Å². The van der Waals surface area contributed by atoms with Gasteiger partial charge < -0.3 is 18.8 Å². The molecule has 0 radical (unpaired) electrons. The highest BCUT2D eigenvalue weighted by Gasteiger charge is 2.57. The van der Waals surface area contributed by atoms with E-state index < -0.39 is 5.79 Å². The molecule has 0 amide bonds. The van der Waals surface area contributed by atoms with Gasteiger partial charge in [-0.1, -0.05) is 11.6 Å². The van der Waals surface area contributed by atoms with Gasteiger partial charge in [0.1, 0.15) is 29.3 Å². The molecular formula is C17H20ClN3O4. The quantitative estimate of drug-likeness (QED) is 0.601. The van der Waals surface area contributed by atoms with Crippen LogP contribution in [0, 0.1) is 12.8 Å². The zero-order valence-corrected chi connectivity index (χ0v) is 15.3. The van der Waals surface area contributed by atoms with Gasteiger partial charge in [-0.25, -0.2) is 9.97 Å². The molecule has 1 aliphatic carbocycles. The van der Waals surface area contributed by atoms with Crippen LogP contribution < -0.4 is 0 Å². The fourth-order valence-electron chi connectivity index (χ4n) is 4.09. The fraction of sp³-hybridized carbons (Fsp3) is 0.588. The third-order valence-corrected chi connectivity index (χ3v) is 5.34. The van der Waals surface area contributed by atoms with Gasteiger partial charge in [0.2, 0.25) is 0 Å². The summed E-state index contributed by atoms with van der Waals surface area (Å²) in [5, 5.41) is 1.24. The summed E-state index contributed by atoms with van der Waals surface area (Å²) in [6.07, 6.45) is 3.38. The van der Waals surface area contributed by atoms with E-state index in [4.69, 9.17) is 25.8 Å². The van der Waals surface area contributed by atoms with Crippen LogP contribution >= 0.6 is 11.6 Å². The van der Waals surface area contributed by atoms with Crippen molar-refractivity contribution in [3.63, 3.8) is 0 Å². The molecule has 1 saturated heterocycles. The van der Waals surface area contributed by atoms with E-state index in [-0.39, 0.29) is 30.1 Å². The van der Waals surface area contributed by atoms with E-state index in [9.17, 15) is 4.79 Å². The zero-order chi connectivity index (χ0) is 17.9. The number of esters is 1. The molecule has 134 valence electrons. The predicted octanol–water partition coefficient (Wildman–Crippen LogP) is 2.65. The number of ether oxygens (including phenoxy) is 3. The molecule has 1 saturated carbocycles. The predicted molar refractivity (Wildman–Crippen MR) is 90.3 cm³/mol. The first-order valence-corrected chi connectivity index (χ1v) is 8.61. The lowest BCUT2D eigenvalue weighted by molar-refractivity contribution is -0.169. The highest BCUT2D eigenvalue weighted by Crippen LogP contribution is 2.48. The Morgan fingerprint density at radius 1 is 1.36 bits per heavy atom. The Balaban J connectivity index is 1.80. The average Bonchev–Trinajstić information content (AvgIpc) is 3.16. The van der Waals surface area contributed by atoms with E-state index in [1.165, 1.54) is 13.4 Å². The number of nitrogens with zero attached hydrogens (tertiary/aromatic N) is 3. The van der Waals surface area contributed by atoms with E-state index in [0.29, 0.717) is 11.6 Å². The monoisotopic (exact) mass is 365 g/mol. The van der Waals surface area contributed by atoms with Crippen LogP contribution in [0.1, 0.15) is 31.9 Å². The van der Waals surface area contributed by atoms with Crippen molar-refractivity contribution in [1.82, 2.24) is 14.5 Å². The molecule has 1 aliphatic heterocycles.